The first kappa shape index (κ1) is 25.8. The molecule has 4 rings (SSSR count). The highest BCUT2D eigenvalue weighted by Crippen LogP contribution is 2.22. The minimum atomic E-state index is -3.76. The van der Waals surface area contributed by atoms with E-state index in [4.69, 9.17) is 0 Å². The van der Waals surface area contributed by atoms with Crippen LogP contribution in [0.2, 0.25) is 0 Å². The van der Waals surface area contributed by atoms with E-state index in [2.05, 4.69) is 5.32 Å². The fourth-order valence-electron chi connectivity index (χ4n) is 4.35. The van der Waals surface area contributed by atoms with Gasteiger partial charge in [0.2, 0.25) is 10.0 Å². The highest BCUT2D eigenvalue weighted by atomic mass is 32.2. The number of hydrogen-bond acceptors (Lipinski definition) is 5. The van der Waals surface area contributed by atoms with E-state index in [1.165, 1.54) is 28.6 Å². The smallest absolute Gasteiger partial charge is 0.251 e. The molecule has 3 aromatic rings. The lowest BCUT2D eigenvalue weighted by molar-refractivity contribution is 0.0941. The Bertz CT molecular complexity index is 1280. The van der Waals surface area contributed by atoms with Gasteiger partial charge in [0.1, 0.15) is 5.82 Å². The molecule has 36 heavy (non-hydrogen) atoms. The molecule has 0 bridgehead atoms. The zero-order valence-corrected chi connectivity index (χ0v) is 21.3. The molecule has 0 saturated carbocycles. The number of hydrogen-bond donors (Lipinski definition) is 1. The number of amides is 1. The van der Waals surface area contributed by atoms with Gasteiger partial charge in [-0.15, -0.1) is 0 Å². The lowest BCUT2D eigenvalue weighted by Gasteiger charge is -2.35. The molecule has 1 heterocycles. The molecule has 0 spiro atoms. The Morgan fingerprint density at radius 2 is 1.61 bits per heavy atom. The molecule has 7 nitrogen and oxygen atoms in total. The molecular formula is C27H31FN4O3S. The van der Waals surface area contributed by atoms with E-state index >= 15 is 0 Å². The van der Waals surface area contributed by atoms with Crippen LogP contribution in [-0.2, 0) is 10.0 Å². The molecule has 1 saturated heterocycles. The van der Waals surface area contributed by atoms with Crippen LogP contribution in [0.4, 0.5) is 10.1 Å². The number of likely N-dealkylation sites (N-methyl/N-ethyl adjacent to an activating group) is 1. The molecule has 0 aromatic heterocycles. The second-order valence-corrected chi connectivity index (χ2v) is 10.9. The molecule has 3 aromatic carbocycles. The summed E-state index contributed by atoms with van der Waals surface area (Å²) in [5.74, 6) is -0.628. The van der Waals surface area contributed by atoms with Gasteiger partial charge in [0.15, 0.2) is 0 Å². The maximum atomic E-state index is 13.3. The highest BCUT2D eigenvalue weighted by Gasteiger charge is 2.29. The van der Waals surface area contributed by atoms with Gasteiger partial charge in [0, 0.05) is 44.0 Å². The van der Waals surface area contributed by atoms with Crippen molar-refractivity contribution in [3.63, 3.8) is 0 Å². The average Bonchev–Trinajstić information content (AvgIpc) is 2.90. The van der Waals surface area contributed by atoms with Gasteiger partial charge in [0.05, 0.1) is 10.9 Å². The standard InChI is InChI=1S/C27H31FN4O3S/c1-30(2)26(21-7-4-3-5-8-21)20-29-27(33)22-9-6-10-25(19-22)36(34,35)32-17-15-31(16-18-32)24-13-11-23(28)12-14-24/h3-14,19,26H,15-18,20H2,1-2H3,(H,29,33)/t26-/m0/s1. The number of carbonyl (C=O) groups is 1. The summed E-state index contributed by atoms with van der Waals surface area (Å²) in [5, 5.41) is 2.94. The summed E-state index contributed by atoms with van der Waals surface area (Å²) in [4.78, 5) is 17.1. The van der Waals surface area contributed by atoms with E-state index in [9.17, 15) is 17.6 Å². The summed E-state index contributed by atoms with van der Waals surface area (Å²) in [6, 6.07) is 22.2. The van der Waals surface area contributed by atoms with E-state index in [-0.39, 0.29) is 22.7 Å². The molecule has 1 aliphatic heterocycles. The monoisotopic (exact) mass is 510 g/mol. The molecule has 0 radical (unpaired) electrons. The SMILES string of the molecule is CN(C)[C@@H](CNC(=O)c1cccc(S(=O)(=O)N2CCN(c3ccc(F)cc3)CC2)c1)c1ccccc1. The van der Waals surface area contributed by atoms with Crippen LogP contribution in [0.5, 0.6) is 0 Å². The van der Waals surface area contributed by atoms with Gasteiger partial charge in [-0.05, 0) is 62.1 Å². The van der Waals surface area contributed by atoms with Crippen molar-refractivity contribution >= 4 is 21.6 Å². The molecular weight excluding hydrogens is 479 g/mol. The van der Waals surface area contributed by atoms with Crippen molar-refractivity contribution in [2.75, 3.05) is 51.7 Å². The van der Waals surface area contributed by atoms with Gasteiger partial charge in [0.25, 0.3) is 5.91 Å². The first-order chi connectivity index (χ1) is 17.3. The summed E-state index contributed by atoms with van der Waals surface area (Å²) >= 11 is 0. The van der Waals surface area contributed by atoms with Crippen molar-refractivity contribution in [2.45, 2.75) is 10.9 Å². The number of nitrogens with one attached hydrogen (secondary N) is 1. The second-order valence-electron chi connectivity index (χ2n) is 9.00. The first-order valence-corrected chi connectivity index (χ1v) is 13.3. The number of benzene rings is 3. The predicted molar refractivity (Wildman–Crippen MR) is 139 cm³/mol. The Kier molecular flexibility index (Phi) is 8.03. The third kappa shape index (κ3) is 5.92. The number of carbonyl (C=O) groups excluding carboxylic acids is 1. The highest BCUT2D eigenvalue weighted by molar-refractivity contribution is 7.89. The van der Waals surface area contributed by atoms with E-state index in [1.807, 2.05) is 54.2 Å². The van der Waals surface area contributed by atoms with Gasteiger partial charge >= 0.3 is 0 Å². The minimum absolute atomic E-state index is 0.0144. The van der Waals surface area contributed by atoms with Gasteiger partial charge in [-0.3, -0.25) is 4.79 Å². The van der Waals surface area contributed by atoms with Gasteiger partial charge in [-0.25, -0.2) is 12.8 Å². The van der Waals surface area contributed by atoms with E-state index in [1.54, 1.807) is 24.3 Å². The fraction of sp³-hybridized carbons (Fsp3) is 0.296. The molecule has 190 valence electrons. The Labute approximate surface area is 212 Å². The number of nitrogens with zero attached hydrogens (tertiary/aromatic N) is 3. The second kappa shape index (κ2) is 11.2. The molecule has 0 unspecified atom stereocenters. The van der Waals surface area contributed by atoms with Crippen molar-refractivity contribution in [3.05, 3.63) is 95.8 Å². The van der Waals surface area contributed by atoms with Crippen LogP contribution in [0.3, 0.4) is 0 Å². The maximum Gasteiger partial charge on any atom is 0.251 e. The Morgan fingerprint density at radius 3 is 2.25 bits per heavy atom. The summed E-state index contributed by atoms with van der Waals surface area (Å²) in [7, 11) is 0.143. The van der Waals surface area contributed by atoms with Crippen molar-refractivity contribution in [1.29, 1.82) is 0 Å². The Morgan fingerprint density at radius 1 is 0.944 bits per heavy atom. The molecule has 9 heteroatoms. The zero-order chi connectivity index (χ0) is 25.7. The molecule has 1 N–H and O–H groups in total. The van der Waals surface area contributed by atoms with Crippen LogP contribution in [0, 0.1) is 5.82 Å². The largest absolute Gasteiger partial charge is 0.369 e. The fourth-order valence-corrected chi connectivity index (χ4v) is 5.82. The van der Waals surface area contributed by atoms with E-state index in [0.717, 1.165) is 11.3 Å². The van der Waals surface area contributed by atoms with Crippen molar-refractivity contribution < 1.29 is 17.6 Å². The van der Waals surface area contributed by atoms with E-state index in [0.29, 0.717) is 38.3 Å². The Hall–Kier alpha value is -3.27. The number of rotatable bonds is 8. The Balaban J connectivity index is 1.41. The number of sulfonamides is 1. The topological polar surface area (TPSA) is 73.0 Å². The summed E-state index contributed by atoms with van der Waals surface area (Å²) in [6.45, 7) is 1.99. The molecule has 1 fully saturated rings. The van der Waals surface area contributed by atoms with Crippen LogP contribution in [0.25, 0.3) is 0 Å². The van der Waals surface area contributed by atoms with Crippen molar-refractivity contribution in [3.8, 4) is 0 Å². The molecule has 0 aliphatic carbocycles. The van der Waals surface area contributed by atoms with Gasteiger partial charge < -0.3 is 15.1 Å². The normalized spacial score (nSPS) is 15.6. The number of halogens is 1. The lowest BCUT2D eigenvalue weighted by atomic mass is 10.1. The third-order valence-corrected chi connectivity index (χ3v) is 8.32. The van der Waals surface area contributed by atoms with Crippen molar-refractivity contribution in [2.24, 2.45) is 0 Å². The molecule has 1 aliphatic rings. The van der Waals surface area contributed by atoms with Crippen molar-refractivity contribution in [1.82, 2.24) is 14.5 Å². The third-order valence-electron chi connectivity index (χ3n) is 6.43. The number of anilines is 1. The van der Waals surface area contributed by atoms with Gasteiger partial charge in [-0.1, -0.05) is 36.4 Å². The van der Waals surface area contributed by atoms with Crippen LogP contribution in [0.15, 0.2) is 83.8 Å². The zero-order valence-electron chi connectivity index (χ0n) is 20.5. The summed E-state index contributed by atoms with van der Waals surface area (Å²) < 4.78 is 41.3. The van der Waals surface area contributed by atoms with Gasteiger partial charge in [-0.2, -0.15) is 4.31 Å². The number of piperazine rings is 1. The van der Waals surface area contributed by atoms with Crippen LogP contribution in [0.1, 0.15) is 22.0 Å². The molecule has 1 amide bonds. The minimum Gasteiger partial charge on any atom is -0.369 e. The quantitative estimate of drug-likeness (QED) is 0.503. The first-order valence-electron chi connectivity index (χ1n) is 11.9. The predicted octanol–water partition coefficient (Wildman–Crippen LogP) is 3.37. The van der Waals surface area contributed by atoms with Crippen LogP contribution >= 0.6 is 0 Å². The maximum absolute atomic E-state index is 13.3. The van der Waals surface area contributed by atoms with Crippen LogP contribution in [-0.4, -0.2) is 70.3 Å². The van der Waals surface area contributed by atoms with E-state index < -0.39 is 10.0 Å². The average molecular weight is 511 g/mol. The molecule has 1 atom stereocenters. The van der Waals surface area contributed by atoms with Crippen LogP contribution < -0.4 is 10.2 Å². The summed E-state index contributed by atoms with van der Waals surface area (Å²) in [6.07, 6.45) is 0. The lowest BCUT2D eigenvalue weighted by Crippen LogP contribution is -2.48. The summed E-state index contributed by atoms with van der Waals surface area (Å²) in [5.41, 5.74) is 2.24.